The predicted molar refractivity (Wildman–Crippen MR) is 92.7 cm³/mol. The summed E-state index contributed by atoms with van der Waals surface area (Å²) in [7, 11) is 0. The van der Waals surface area contributed by atoms with Gasteiger partial charge < -0.3 is 4.90 Å². The minimum absolute atomic E-state index is 0.559. The molecule has 0 atom stereocenters. The molecule has 0 bridgehead atoms. The molecule has 0 radical (unpaired) electrons. The van der Waals surface area contributed by atoms with Crippen molar-refractivity contribution in [2.45, 2.75) is 20.4 Å². The van der Waals surface area contributed by atoms with Gasteiger partial charge in [-0.3, -0.25) is 4.90 Å². The van der Waals surface area contributed by atoms with Crippen LogP contribution in [0.25, 0.3) is 0 Å². The van der Waals surface area contributed by atoms with E-state index in [2.05, 4.69) is 52.9 Å². The molecule has 0 saturated carbocycles. The van der Waals surface area contributed by atoms with Crippen molar-refractivity contribution >= 4 is 17.3 Å². The molecule has 0 spiro atoms. The largest absolute Gasteiger partial charge is 0.369 e. The second-order valence-corrected chi connectivity index (χ2v) is 6.38. The van der Waals surface area contributed by atoms with Crippen LogP contribution in [0.4, 0.5) is 5.69 Å². The van der Waals surface area contributed by atoms with Crippen LogP contribution in [0.2, 0.25) is 5.15 Å². The van der Waals surface area contributed by atoms with Crippen molar-refractivity contribution in [1.29, 1.82) is 0 Å². The molecular weight excluding hydrogens is 294 g/mol. The Morgan fingerprint density at radius 3 is 2.27 bits per heavy atom. The molecule has 1 fully saturated rings. The fraction of sp³-hybridized carbons (Fsp3) is 0.389. The lowest BCUT2D eigenvalue weighted by Crippen LogP contribution is -2.46. The van der Waals surface area contributed by atoms with Crippen LogP contribution in [0.1, 0.15) is 16.7 Å². The lowest BCUT2D eigenvalue weighted by Gasteiger charge is -2.37. The maximum atomic E-state index is 5.84. The summed E-state index contributed by atoms with van der Waals surface area (Å²) in [5.74, 6) is 0. The van der Waals surface area contributed by atoms with Gasteiger partial charge in [0.1, 0.15) is 5.15 Å². The molecule has 0 aliphatic carbocycles. The first-order valence-corrected chi connectivity index (χ1v) is 8.15. The molecule has 1 aliphatic rings. The summed E-state index contributed by atoms with van der Waals surface area (Å²) in [5.41, 5.74) is 5.38. The SMILES string of the molecule is Cc1cccc(C)c1N1CCN(Cc2ccc(Cl)nc2)CC1. The zero-order valence-electron chi connectivity index (χ0n) is 13.2. The quantitative estimate of drug-likeness (QED) is 0.806. The van der Waals surface area contributed by atoms with Crippen LogP contribution in [-0.2, 0) is 6.54 Å². The predicted octanol–water partition coefficient (Wildman–Crippen LogP) is 3.67. The van der Waals surface area contributed by atoms with Gasteiger partial charge in [0.15, 0.2) is 0 Å². The Morgan fingerprint density at radius 1 is 1.00 bits per heavy atom. The van der Waals surface area contributed by atoms with Crippen molar-refractivity contribution in [3.05, 3.63) is 58.4 Å². The average molecular weight is 316 g/mol. The molecule has 3 rings (SSSR count). The number of rotatable bonds is 3. The van der Waals surface area contributed by atoms with E-state index < -0.39 is 0 Å². The van der Waals surface area contributed by atoms with Crippen LogP contribution in [0.3, 0.4) is 0 Å². The first-order chi connectivity index (χ1) is 10.6. The van der Waals surface area contributed by atoms with Gasteiger partial charge in [-0.25, -0.2) is 4.98 Å². The third-order valence-corrected chi connectivity index (χ3v) is 4.55. The zero-order valence-corrected chi connectivity index (χ0v) is 14.0. The van der Waals surface area contributed by atoms with Crippen molar-refractivity contribution in [1.82, 2.24) is 9.88 Å². The number of anilines is 1. The molecular formula is C18H22ClN3. The summed E-state index contributed by atoms with van der Waals surface area (Å²) in [4.78, 5) is 9.16. The summed E-state index contributed by atoms with van der Waals surface area (Å²) in [5, 5.41) is 0.559. The first-order valence-electron chi connectivity index (χ1n) is 7.77. The van der Waals surface area contributed by atoms with Crippen LogP contribution in [0, 0.1) is 13.8 Å². The molecule has 116 valence electrons. The minimum atomic E-state index is 0.559. The zero-order chi connectivity index (χ0) is 15.5. The van der Waals surface area contributed by atoms with Gasteiger partial charge in [-0.05, 0) is 36.6 Å². The standard InChI is InChI=1S/C18H22ClN3/c1-14-4-3-5-15(2)18(14)22-10-8-21(9-11-22)13-16-6-7-17(19)20-12-16/h3-7,12H,8-11,13H2,1-2H3. The number of piperazine rings is 1. The molecule has 3 nitrogen and oxygen atoms in total. The second-order valence-electron chi connectivity index (χ2n) is 5.99. The van der Waals surface area contributed by atoms with E-state index in [1.807, 2.05) is 12.3 Å². The minimum Gasteiger partial charge on any atom is -0.369 e. The molecule has 0 amide bonds. The Balaban J connectivity index is 1.62. The van der Waals surface area contributed by atoms with E-state index in [9.17, 15) is 0 Å². The number of aryl methyl sites for hydroxylation is 2. The molecule has 1 aromatic heterocycles. The molecule has 2 heterocycles. The topological polar surface area (TPSA) is 19.4 Å². The van der Waals surface area contributed by atoms with Crippen molar-refractivity contribution < 1.29 is 0 Å². The fourth-order valence-electron chi connectivity index (χ4n) is 3.19. The maximum absolute atomic E-state index is 5.84. The highest BCUT2D eigenvalue weighted by Crippen LogP contribution is 2.25. The van der Waals surface area contributed by atoms with Gasteiger partial charge in [0.05, 0.1) is 0 Å². The summed E-state index contributed by atoms with van der Waals surface area (Å²) in [6.45, 7) is 9.67. The van der Waals surface area contributed by atoms with Crippen LogP contribution in [0.15, 0.2) is 36.5 Å². The van der Waals surface area contributed by atoms with Crippen LogP contribution in [-0.4, -0.2) is 36.1 Å². The third-order valence-electron chi connectivity index (χ3n) is 4.32. The van der Waals surface area contributed by atoms with Crippen LogP contribution >= 0.6 is 11.6 Å². The van der Waals surface area contributed by atoms with Gasteiger partial charge in [0, 0.05) is 44.6 Å². The number of pyridine rings is 1. The van der Waals surface area contributed by atoms with Crippen LogP contribution < -0.4 is 4.90 Å². The molecule has 1 saturated heterocycles. The van der Waals surface area contributed by atoms with Crippen molar-refractivity contribution in [3.8, 4) is 0 Å². The Morgan fingerprint density at radius 2 is 1.68 bits per heavy atom. The third kappa shape index (κ3) is 3.42. The normalized spacial score (nSPS) is 16.0. The number of halogens is 1. The van der Waals surface area contributed by atoms with Gasteiger partial charge in [-0.15, -0.1) is 0 Å². The molecule has 0 unspecified atom stereocenters. The second kappa shape index (κ2) is 6.67. The highest BCUT2D eigenvalue weighted by molar-refractivity contribution is 6.29. The first kappa shape index (κ1) is 15.3. The van der Waals surface area contributed by atoms with Crippen molar-refractivity contribution in [2.75, 3.05) is 31.1 Å². The molecule has 4 heteroatoms. The highest BCUT2D eigenvalue weighted by atomic mass is 35.5. The van der Waals surface area contributed by atoms with E-state index in [0.29, 0.717) is 5.15 Å². The Bertz CT molecular complexity index is 611. The smallest absolute Gasteiger partial charge is 0.129 e. The highest BCUT2D eigenvalue weighted by Gasteiger charge is 2.19. The molecule has 2 aromatic rings. The molecule has 1 aromatic carbocycles. The Kier molecular flexibility index (Phi) is 4.65. The lowest BCUT2D eigenvalue weighted by molar-refractivity contribution is 0.249. The Labute approximate surface area is 137 Å². The summed E-state index contributed by atoms with van der Waals surface area (Å²) in [6, 6.07) is 10.5. The number of benzene rings is 1. The fourth-order valence-corrected chi connectivity index (χ4v) is 3.30. The van der Waals surface area contributed by atoms with E-state index in [0.717, 1.165) is 32.7 Å². The van der Waals surface area contributed by atoms with E-state index in [-0.39, 0.29) is 0 Å². The average Bonchev–Trinajstić information content (AvgIpc) is 2.51. The molecule has 0 N–H and O–H groups in total. The van der Waals surface area contributed by atoms with E-state index >= 15 is 0 Å². The lowest BCUT2D eigenvalue weighted by atomic mass is 10.1. The van der Waals surface area contributed by atoms with Crippen LogP contribution in [0.5, 0.6) is 0 Å². The molecule has 22 heavy (non-hydrogen) atoms. The summed E-state index contributed by atoms with van der Waals surface area (Å²) < 4.78 is 0. The number of hydrogen-bond acceptors (Lipinski definition) is 3. The van der Waals surface area contributed by atoms with Crippen molar-refractivity contribution in [3.63, 3.8) is 0 Å². The van der Waals surface area contributed by atoms with Gasteiger partial charge in [0.25, 0.3) is 0 Å². The van der Waals surface area contributed by atoms with Gasteiger partial charge in [-0.1, -0.05) is 35.9 Å². The monoisotopic (exact) mass is 315 g/mol. The number of hydrogen-bond donors (Lipinski definition) is 0. The van der Waals surface area contributed by atoms with Gasteiger partial charge in [0.2, 0.25) is 0 Å². The number of para-hydroxylation sites is 1. The number of nitrogens with zero attached hydrogens (tertiary/aromatic N) is 3. The maximum Gasteiger partial charge on any atom is 0.129 e. The number of aromatic nitrogens is 1. The summed E-state index contributed by atoms with van der Waals surface area (Å²) in [6.07, 6.45) is 1.88. The van der Waals surface area contributed by atoms with Crippen molar-refractivity contribution in [2.24, 2.45) is 0 Å². The molecule has 1 aliphatic heterocycles. The van der Waals surface area contributed by atoms with E-state index in [1.165, 1.54) is 22.4 Å². The Hall–Kier alpha value is -1.58. The van der Waals surface area contributed by atoms with E-state index in [4.69, 9.17) is 11.6 Å². The van der Waals surface area contributed by atoms with Gasteiger partial charge >= 0.3 is 0 Å². The summed E-state index contributed by atoms with van der Waals surface area (Å²) >= 11 is 5.84. The van der Waals surface area contributed by atoms with Gasteiger partial charge in [-0.2, -0.15) is 0 Å². The van der Waals surface area contributed by atoms with E-state index in [1.54, 1.807) is 0 Å².